The first-order chi connectivity index (χ1) is 11.8. The van der Waals surface area contributed by atoms with Crippen LogP contribution in [0.5, 0.6) is 0 Å². The molecule has 1 heterocycles. The third kappa shape index (κ3) is 5.64. The zero-order chi connectivity index (χ0) is 18.4. The normalized spacial score (nSPS) is 12.3. The third-order valence-corrected chi connectivity index (χ3v) is 5.03. The molecule has 0 spiro atoms. The molecule has 1 aromatic heterocycles. The van der Waals surface area contributed by atoms with Crippen LogP contribution < -0.4 is 10.6 Å². The molecule has 0 saturated heterocycles. The summed E-state index contributed by atoms with van der Waals surface area (Å²) >= 11 is 2.64. The number of benzene rings is 1. The number of rotatable bonds is 5. The maximum absolute atomic E-state index is 12.6. The standard InChI is InChI=1S/C16H19F3N4S2/c1-10-4-5-11(12(6-10)24-3)7-21-15(20-2)22-8-14-23-13(9-25-14)16(17,18)19/h4-6,9H,7-8H2,1-3H3,(H2,20,21,22). The van der Waals surface area contributed by atoms with Crippen LogP contribution in [0.25, 0.3) is 0 Å². The number of thiazole rings is 1. The van der Waals surface area contributed by atoms with Crippen molar-refractivity contribution in [2.24, 2.45) is 4.99 Å². The summed E-state index contributed by atoms with van der Waals surface area (Å²) < 4.78 is 37.7. The molecule has 9 heteroatoms. The van der Waals surface area contributed by atoms with Crippen LogP contribution in [0.4, 0.5) is 13.2 Å². The number of thioether (sulfide) groups is 1. The van der Waals surface area contributed by atoms with E-state index in [1.54, 1.807) is 18.8 Å². The Morgan fingerprint density at radius 2 is 2.00 bits per heavy atom. The lowest BCUT2D eigenvalue weighted by molar-refractivity contribution is -0.140. The quantitative estimate of drug-likeness (QED) is 0.461. The van der Waals surface area contributed by atoms with Crippen molar-refractivity contribution >= 4 is 29.1 Å². The number of halogens is 3. The Labute approximate surface area is 153 Å². The van der Waals surface area contributed by atoms with Gasteiger partial charge in [-0.2, -0.15) is 13.2 Å². The molecular formula is C16H19F3N4S2. The average Bonchev–Trinajstić information content (AvgIpc) is 3.05. The second-order valence-corrected chi connectivity index (χ2v) is 7.01. The van der Waals surface area contributed by atoms with Gasteiger partial charge in [0.25, 0.3) is 0 Å². The molecule has 0 aliphatic carbocycles. The fourth-order valence-corrected chi connectivity index (χ4v) is 3.53. The Morgan fingerprint density at radius 1 is 1.28 bits per heavy atom. The molecular weight excluding hydrogens is 369 g/mol. The third-order valence-electron chi connectivity index (χ3n) is 3.36. The van der Waals surface area contributed by atoms with Gasteiger partial charge in [-0.15, -0.1) is 23.1 Å². The van der Waals surface area contributed by atoms with Crippen molar-refractivity contribution in [1.29, 1.82) is 0 Å². The summed E-state index contributed by atoms with van der Waals surface area (Å²) in [6.07, 6.45) is -2.39. The molecule has 2 rings (SSSR count). The van der Waals surface area contributed by atoms with Crippen molar-refractivity contribution < 1.29 is 13.2 Å². The number of hydrogen-bond donors (Lipinski definition) is 2. The van der Waals surface area contributed by atoms with Crippen LogP contribution in [0.15, 0.2) is 33.5 Å². The van der Waals surface area contributed by atoms with Gasteiger partial charge < -0.3 is 10.6 Å². The van der Waals surface area contributed by atoms with Gasteiger partial charge in [-0.3, -0.25) is 4.99 Å². The average molecular weight is 388 g/mol. The van der Waals surface area contributed by atoms with Crippen LogP contribution >= 0.6 is 23.1 Å². The highest BCUT2D eigenvalue weighted by Gasteiger charge is 2.33. The Kier molecular flexibility index (Phi) is 6.71. The Hall–Kier alpha value is -1.74. The summed E-state index contributed by atoms with van der Waals surface area (Å²) in [5.41, 5.74) is 1.47. The van der Waals surface area contributed by atoms with Gasteiger partial charge in [-0.25, -0.2) is 4.98 Å². The van der Waals surface area contributed by atoms with E-state index in [-0.39, 0.29) is 6.54 Å². The maximum Gasteiger partial charge on any atom is 0.434 e. The fraction of sp³-hybridized carbons (Fsp3) is 0.375. The maximum atomic E-state index is 12.6. The van der Waals surface area contributed by atoms with Crippen LogP contribution in [0, 0.1) is 6.92 Å². The van der Waals surface area contributed by atoms with Gasteiger partial charge in [-0.1, -0.05) is 12.1 Å². The Bertz CT molecular complexity index is 741. The second kappa shape index (κ2) is 8.57. The van der Waals surface area contributed by atoms with E-state index in [0.717, 1.165) is 22.3 Å². The summed E-state index contributed by atoms with van der Waals surface area (Å²) in [5.74, 6) is 0.511. The van der Waals surface area contributed by atoms with E-state index < -0.39 is 11.9 Å². The highest BCUT2D eigenvalue weighted by Crippen LogP contribution is 2.29. The van der Waals surface area contributed by atoms with E-state index >= 15 is 0 Å². The predicted molar refractivity (Wildman–Crippen MR) is 97.1 cm³/mol. The van der Waals surface area contributed by atoms with Crippen LogP contribution in [0.1, 0.15) is 21.8 Å². The van der Waals surface area contributed by atoms with Crippen molar-refractivity contribution in [2.45, 2.75) is 31.1 Å². The Morgan fingerprint density at radius 3 is 2.60 bits per heavy atom. The molecule has 136 valence electrons. The first kappa shape index (κ1) is 19.6. The van der Waals surface area contributed by atoms with Crippen molar-refractivity contribution in [2.75, 3.05) is 13.3 Å². The van der Waals surface area contributed by atoms with Gasteiger partial charge >= 0.3 is 6.18 Å². The summed E-state index contributed by atoms with van der Waals surface area (Å²) in [6, 6.07) is 6.21. The zero-order valence-electron chi connectivity index (χ0n) is 14.1. The topological polar surface area (TPSA) is 49.3 Å². The minimum absolute atomic E-state index is 0.184. The lowest BCUT2D eigenvalue weighted by Gasteiger charge is -2.13. The van der Waals surface area contributed by atoms with E-state index in [1.165, 1.54) is 10.5 Å². The molecule has 4 nitrogen and oxygen atoms in total. The SMILES string of the molecule is CN=C(NCc1nc(C(F)(F)F)cs1)NCc1ccc(C)cc1SC. The first-order valence-corrected chi connectivity index (χ1v) is 9.53. The van der Waals surface area contributed by atoms with E-state index in [4.69, 9.17) is 0 Å². The molecule has 0 aliphatic rings. The van der Waals surface area contributed by atoms with Gasteiger partial charge in [0.2, 0.25) is 0 Å². The van der Waals surface area contributed by atoms with E-state index in [9.17, 15) is 13.2 Å². The minimum Gasteiger partial charge on any atom is -0.352 e. The molecule has 0 amide bonds. The minimum atomic E-state index is -4.41. The smallest absolute Gasteiger partial charge is 0.352 e. The fourth-order valence-electron chi connectivity index (χ4n) is 2.08. The summed E-state index contributed by atoms with van der Waals surface area (Å²) in [5, 5.41) is 7.52. The van der Waals surface area contributed by atoms with Crippen LogP contribution in [-0.4, -0.2) is 24.2 Å². The van der Waals surface area contributed by atoms with Gasteiger partial charge in [0.1, 0.15) is 5.01 Å². The highest BCUT2D eigenvalue weighted by atomic mass is 32.2. The number of guanidine groups is 1. The number of aliphatic imine (C=N–C) groups is 1. The van der Waals surface area contributed by atoms with E-state index in [0.29, 0.717) is 17.5 Å². The number of nitrogens with one attached hydrogen (secondary N) is 2. The predicted octanol–water partition coefficient (Wildman–Crippen LogP) is 4.06. The van der Waals surface area contributed by atoms with Crippen molar-refractivity contribution in [3.63, 3.8) is 0 Å². The molecule has 2 aromatic rings. The van der Waals surface area contributed by atoms with Gasteiger partial charge in [0.05, 0.1) is 6.54 Å². The molecule has 25 heavy (non-hydrogen) atoms. The second-order valence-electron chi connectivity index (χ2n) is 5.22. The highest BCUT2D eigenvalue weighted by molar-refractivity contribution is 7.98. The summed E-state index contributed by atoms with van der Waals surface area (Å²) in [6.45, 7) is 2.80. The van der Waals surface area contributed by atoms with E-state index in [1.807, 2.05) is 19.2 Å². The molecule has 0 unspecified atom stereocenters. The number of aromatic nitrogens is 1. The van der Waals surface area contributed by atoms with Crippen molar-refractivity contribution in [3.8, 4) is 0 Å². The molecule has 1 aromatic carbocycles. The van der Waals surface area contributed by atoms with Gasteiger partial charge in [-0.05, 0) is 30.4 Å². The van der Waals surface area contributed by atoms with Crippen LogP contribution in [-0.2, 0) is 19.3 Å². The number of nitrogens with zero attached hydrogens (tertiary/aromatic N) is 2. The van der Waals surface area contributed by atoms with Crippen LogP contribution in [0.3, 0.4) is 0 Å². The molecule has 0 saturated carbocycles. The summed E-state index contributed by atoms with van der Waals surface area (Å²) in [7, 11) is 1.61. The number of alkyl halides is 3. The van der Waals surface area contributed by atoms with Gasteiger partial charge in [0, 0.05) is 23.9 Å². The van der Waals surface area contributed by atoms with Gasteiger partial charge in [0.15, 0.2) is 11.7 Å². The molecule has 0 fully saturated rings. The monoisotopic (exact) mass is 388 g/mol. The van der Waals surface area contributed by atoms with Crippen molar-refractivity contribution in [3.05, 3.63) is 45.4 Å². The number of hydrogen-bond acceptors (Lipinski definition) is 4. The van der Waals surface area contributed by atoms with Crippen molar-refractivity contribution in [1.82, 2.24) is 15.6 Å². The largest absolute Gasteiger partial charge is 0.434 e. The summed E-state index contributed by atoms with van der Waals surface area (Å²) in [4.78, 5) is 8.86. The lowest BCUT2D eigenvalue weighted by atomic mass is 10.1. The molecule has 0 bridgehead atoms. The molecule has 0 atom stereocenters. The molecule has 0 aliphatic heterocycles. The molecule has 0 radical (unpaired) electrons. The van der Waals surface area contributed by atoms with Crippen LogP contribution in [0.2, 0.25) is 0 Å². The first-order valence-electron chi connectivity index (χ1n) is 7.43. The van der Waals surface area contributed by atoms with E-state index in [2.05, 4.69) is 32.7 Å². The zero-order valence-corrected chi connectivity index (χ0v) is 15.7. The number of aryl methyl sites for hydroxylation is 1. The lowest BCUT2D eigenvalue weighted by Crippen LogP contribution is -2.36. The Balaban J connectivity index is 1.92. The molecule has 2 N–H and O–H groups in total.